The summed E-state index contributed by atoms with van der Waals surface area (Å²) < 4.78 is 0. The summed E-state index contributed by atoms with van der Waals surface area (Å²) >= 11 is 0. The first-order valence-corrected chi connectivity index (χ1v) is 11.2. The molecule has 0 aromatic rings. The van der Waals surface area contributed by atoms with E-state index in [2.05, 4.69) is 50.5 Å². The Kier molecular flexibility index (Phi) is 7.02. The van der Waals surface area contributed by atoms with E-state index >= 15 is 0 Å². The second kappa shape index (κ2) is 9.06. The molecule has 0 aromatic heterocycles. The molecule has 1 atom stereocenters. The predicted octanol–water partition coefficient (Wildman–Crippen LogP) is 5.46. The molecule has 4 saturated carbocycles. The van der Waals surface area contributed by atoms with Crippen LogP contribution in [0.4, 0.5) is 0 Å². The highest BCUT2D eigenvalue weighted by molar-refractivity contribution is 5.05. The lowest BCUT2D eigenvalue weighted by molar-refractivity contribution is -0.0702. The fourth-order valence-electron chi connectivity index (χ4n) is 6.34. The molecule has 0 spiro atoms. The van der Waals surface area contributed by atoms with Crippen LogP contribution in [0.1, 0.15) is 79.1 Å². The van der Waals surface area contributed by atoms with Crippen molar-refractivity contribution in [2.75, 3.05) is 19.6 Å². The number of hydrogen-bond acceptors (Lipinski definition) is 2. The Morgan fingerprint density at radius 1 is 0.962 bits per heavy atom. The Labute approximate surface area is 162 Å². The summed E-state index contributed by atoms with van der Waals surface area (Å²) in [5.41, 5.74) is 3.57. The zero-order chi connectivity index (χ0) is 18.6. The molecule has 1 unspecified atom stereocenters. The Hall–Kier alpha value is -0.600. The largest absolute Gasteiger partial charge is 0.312 e. The molecule has 0 aliphatic heterocycles. The van der Waals surface area contributed by atoms with Gasteiger partial charge in [-0.1, -0.05) is 23.3 Å². The minimum absolute atomic E-state index is 0.635. The molecule has 148 valence electrons. The van der Waals surface area contributed by atoms with Crippen molar-refractivity contribution in [3.05, 3.63) is 23.3 Å². The monoisotopic (exact) mass is 358 g/mol. The summed E-state index contributed by atoms with van der Waals surface area (Å²) in [6, 6.07) is 0.694. The highest BCUT2D eigenvalue weighted by Crippen LogP contribution is 2.61. The third kappa shape index (κ3) is 5.23. The smallest absolute Gasteiger partial charge is 0.0137 e. The van der Waals surface area contributed by atoms with Gasteiger partial charge in [0.25, 0.3) is 0 Å². The lowest BCUT2D eigenvalue weighted by Gasteiger charge is -2.59. The van der Waals surface area contributed by atoms with E-state index in [1.807, 2.05) is 0 Å². The summed E-state index contributed by atoms with van der Waals surface area (Å²) in [6.45, 7) is 12.3. The number of nitrogens with one attached hydrogen (secondary N) is 2. The fraction of sp³-hybridized carbons (Fsp3) is 0.833. The van der Waals surface area contributed by atoms with E-state index in [-0.39, 0.29) is 0 Å². The first-order valence-electron chi connectivity index (χ1n) is 11.2. The second-order valence-electron chi connectivity index (χ2n) is 10.0. The zero-order valence-electron chi connectivity index (χ0n) is 17.7. The first-order chi connectivity index (χ1) is 12.5. The normalized spacial score (nSPS) is 34.2. The molecule has 0 radical (unpaired) electrons. The quantitative estimate of drug-likeness (QED) is 0.400. The van der Waals surface area contributed by atoms with Crippen LogP contribution in [0.2, 0.25) is 0 Å². The minimum Gasteiger partial charge on any atom is -0.312 e. The van der Waals surface area contributed by atoms with Crippen LogP contribution >= 0.6 is 0 Å². The fourth-order valence-corrected chi connectivity index (χ4v) is 6.34. The van der Waals surface area contributed by atoms with Crippen LogP contribution in [0.15, 0.2) is 23.3 Å². The lowest BCUT2D eigenvalue weighted by atomic mass is 9.48. The molecule has 4 fully saturated rings. The summed E-state index contributed by atoms with van der Waals surface area (Å²) in [6.07, 6.45) is 16.2. The molecule has 0 saturated heterocycles. The summed E-state index contributed by atoms with van der Waals surface area (Å²) in [4.78, 5) is 0. The van der Waals surface area contributed by atoms with E-state index < -0.39 is 0 Å². The molecule has 2 heteroatoms. The zero-order valence-corrected chi connectivity index (χ0v) is 17.7. The molecular weight excluding hydrogens is 316 g/mol. The molecule has 4 aliphatic carbocycles. The Morgan fingerprint density at radius 2 is 1.58 bits per heavy atom. The van der Waals surface area contributed by atoms with Gasteiger partial charge in [0.2, 0.25) is 0 Å². The van der Waals surface area contributed by atoms with E-state index in [0.29, 0.717) is 11.5 Å². The highest BCUT2D eigenvalue weighted by atomic mass is 15.0. The van der Waals surface area contributed by atoms with Crippen molar-refractivity contribution in [3.63, 3.8) is 0 Å². The molecule has 26 heavy (non-hydrogen) atoms. The summed E-state index contributed by atoms with van der Waals surface area (Å²) in [5, 5.41) is 7.47. The molecule has 0 aromatic carbocycles. The van der Waals surface area contributed by atoms with Gasteiger partial charge in [0, 0.05) is 25.7 Å². The number of rotatable bonds is 10. The topological polar surface area (TPSA) is 24.1 Å². The third-order valence-corrected chi connectivity index (χ3v) is 7.44. The lowest BCUT2D eigenvalue weighted by Crippen LogP contribution is -2.55. The molecule has 2 N–H and O–H groups in total. The maximum Gasteiger partial charge on any atom is 0.0137 e. The summed E-state index contributed by atoms with van der Waals surface area (Å²) in [5.74, 6) is 3.18. The Morgan fingerprint density at radius 3 is 2.15 bits per heavy atom. The van der Waals surface area contributed by atoms with Crippen molar-refractivity contribution >= 4 is 0 Å². The maximum absolute atomic E-state index is 3.88. The van der Waals surface area contributed by atoms with Gasteiger partial charge in [-0.25, -0.2) is 0 Å². The van der Waals surface area contributed by atoms with Crippen molar-refractivity contribution < 1.29 is 0 Å². The van der Waals surface area contributed by atoms with Crippen LogP contribution in [0, 0.1) is 23.2 Å². The van der Waals surface area contributed by atoms with Gasteiger partial charge in [0.15, 0.2) is 0 Å². The van der Waals surface area contributed by atoms with E-state index in [0.717, 1.165) is 37.4 Å². The van der Waals surface area contributed by atoms with Crippen molar-refractivity contribution in [1.82, 2.24) is 10.6 Å². The Bertz CT molecular complexity index is 477. The van der Waals surface area contributed by atoms with E-state index in [4.69, 9.17) is 0 Å². The predicted molar refractivity (Wildman–Crippen MR) is 113 cm³/mol. The van der Waals surface area contributed by atoms with Crippen LogP contribution in [-0.2, 0) is 0 Å². The number of hydrogen-bond donors (Lipinski definition) is 2. The van der Waals surface area contributed by atoms with Crippen LogP contribution in [0.5, 0.6) is 0 Å². The van der Waals surface area contributed by atoms with Gasteiger partial charge in [0.1, 0.15) is 0 Å². The van der Waals surface area contributed by atoms with Crippen molar-refractivity contribution in [2.45, 2.75) is 85.1 Å². The molecule has 4 bridgehead atoms. The van der Waals surface area contributed by atoms with Crippen LogP contribution in [0.25, 0.3) is 0 Å². The molecule has 0 amide bonds. The molecule has 2 nitrogen and oxygen atoms in total. The van der Waals surface area contributed by atoms with Crippen molar-refractivity contribution in [3.8, 4) is 0 Å². The van der Waals surface area contributed by atoms with Gasteiger partial charge >= 0.3 is 0 Å². The van der Waals surface area contributed by atoms with Crippen molar-refractivity contribution in [1.29, 1.82) is 0 Å². The maximum atomic E-state index is 3.88. The first kappa shape index (κ1) is 20.1. The van der Waals surface area contributed by atoms with Crippen LogP contribution in [-0.4, -0.2) is 25.7 Å². The molecule has 4 aliphatic rings. The highest BCUT2D eigenvalue weighted by Gasteiger charge is 2.52. The standard InChI is InChI=1S/C24H42N2/c1-18(2)6-5-7-19(3)8-9-25-10-11-26-20(4)24-15-21-12-22(16-24)14-23(13-21)17-24/h6,8,20-23,25-26H,5,7,9-17H2,1-4H3/b19-8+. The van der Waals surface area contributed by atoms with E-state index in [1.54, 1.807) is 19.3 Å². The second-order valence-corrected chi connectivity index (χ2v) is 10.0. The van der Waals surface area contributed by atoms with Gasteiger partial charge in [-0.15, -0.1) is 0 Å². The van der Waals surface area contributed by atoms with Gasteiger partial charge in [-0.05, 0) is 102 Å². The Balaban J connectivity index is 1.31. The van der Waals surface area contributed by atoms with Gasteiger partial charge in [-0.2, -0.15) is 0 Å². The van der Waals surface area contributed by atoms with Crippen LogP contribution < -0.4 is 10.6 Å². The summed E-state index contributed by atoms with van der Waals surface area (Å²) in [7, 11) is 0. The van der Waals surface area contributed by atoms with E-state index in [1.165, 1.54) is 43.3 Å². The van der Waals surface area contributed by atoms with Crippen molar-refractivity contribution in [2.24, 2.45) is 23.2 Å². The third-order valence-electron chi connectivity index (χ3n) is 7.44. The SMILES string of the molecule is CC(C)=CCC/C(C)=C/CNCCNC(C)C12CC3CC(CC(C3)C1)C2. The minimum atomic E-state index is 0.635. The van der Waals surface area contributed by atoms with Gasteiger partial charge < -0.3 is 10.6 Å². The average Bonchev–Trinajstić information content (AvgIpc) is 2.56. The molecule has 4 rings (SSSR count). The van der Waals surface area contributed by atoms with E-state index in [9.17, 15) is 0 Å². The molecular formula is C24H42N2. The molecule has 0 heterocycles. The number of allylic oxidation sites excluding steroid dienone is 3. The average molecular weight is 359 g/mol. The van der Waals surface area contributed by atoms with Gasteiger partial charge in [-0.3, -0.25) is 0 Å². The van der Waals surface area contributed by atoms with Crippen LogP contribution in [0.3, 0.4) is 0 Å². The van der Waals surface area contributed by atoms with Gasteiger partial charge in [0.05, 0.1) is 0 Å².